The van der Waals surface area contributed by atoms with E-state index in [1.807, 2.05) is 48.7 Å². The van der Waals surface area contributed by atoms with Crippen LogP contribution in [0.3, 0.4) is 0 Å². The Morgan fingerprint density at radius 1 is 1.22 bits per heavy atom. The molecule has 1 fully saturated rings. The van der Waals surface area contributed by atoms with E-state index in [0.29, 0.717) is 13.0 Å². The molecular formula is C20H19N5O2. The number of H-pyrrole nitrogens is 1. The molecule has 3 aromatic rings. The minimum atomic E-state index is -0.654. The van der Waals surface area contributed by atoms with Crippen molar-refractivity contribution in [3.8, 4) is 0 Å². The summed E-state index contributed by atoms with van der Waals surface area (Å²) in [4.78, 5) is 36.3. The largest absolute Gasteiger partial charge is 0.368 e. The fourth-order valence-corrected chi connectivity index (χ4v) is 4.41. The van der Waals surface area contributed by atoms with Gasteiger partial charge in [-0.15, -0.1) is 0 Å². The second kappa shape index (κ2) is 5.57. The summed E-state index contributed by atoms with van der Waals surface area (Å²) in [5, 5.41) is 1.06. The molecule has 1 aromatic carbocycles. The second-order valence-electron chi connectivity index (χ2n) is 7.21. The van der Waals surface area contributed by atoms with Crippen molar-refractivity contribution in [1.82, 2.24) is 9.97 Å². The van der Waals surface area contributed by atoms with Crippen molar-refractivity contribution in [3.05, 3.63) is 54.2 Å². The van der Waals surface area contributed by atoms with Crippen molar-refractivity contribution in [3.63, 3.8) is 0 Å². The monoisotopic (exact) mass is 361 g/mol. The van der Waals surface area contributed by atoms with Crippen molar-refractivity contribution >= 4 is 34.4 Å². The molecule has 0 saturated carbocycles. The SMILES string of the molecule is NC(=O)CN1C(=O)[C@@]2(CCN(c3ccc4cc[nH]c4n3)C2)c2ccccc21. The number of hydrogen-bond acceptors (Lipinski definition) is 4. The van der Waals surface area contributed by atoms with Gasteiger partial charge in [-0.3, -0.25) is 9.59 Å². The molecule has 0 radical (unpaired) electrons. The Bertz CT molecular complexity index is 1070. The molecule has 0 unspecified atom stereocenters. The third-order valence-corrected chi connectivity index (χ3v) is 5.67. The van der Waals surface area contributed by atoms with Crippen LogP contribution in [0.15, 0.2) is 48.7 Å². The highest BCUT2D eigenvalue weighted by molar-refractivity contribution is 6.11. The molecule has 27 heavy (non-hydrogen) atoms. The highest BCUT2D eigenvalue weighted by atomic mass is 16.2. The van der Waals surface area contributed by atoms with E-state index >= 15 is 0 Å². The molecular weight excluding hydrogens is 342 g/mol. The van der Waals surface area contributed by atoms with Crippen LogP contribution in [-0.2, 0) is 15.0 Å². The molecule has 2 aromatic heterocycles. The highest BCUT2D eigenvalue weighted by Crippen LogP contribution is 2.47. The molecule has 7 nitrogen and oxygen atoms in total. The normalized spacial score (nSPS) is 21.4. The Morgan fingerprint density at radius 3 is 2.93 bits per heavy atom. The summed E-state index contributed by atoms with van der Waals surface area (Å²) in [5.74, 6) is 0.287. The predicted molar refractivity (Wildman–Crippen MR) is 103 cm³/mol. The number of carbonyl (C=O) groups excluding carboxylic acids is 2. The number of aromatic nitrogens is 2. The van der Waals surface area contributed by atoms with Gasteiger partial charge in [0.15, 0.2) is 0 Å². The highest BCUT2D eigenvalue weighted by Gasteiger charge is 2.54. The number of aromatic amines is 1. The fraction of sp³-hybridized carbons (Fsp3) is 0.250. The Labute approximate surface area is 155 Å². The first-order valence-corrected chi connectivity index (χ1v) is 8.97. The molecule has 1 saturated heterocycles. The minimum Gasteiger partial charge on any atom is -0.368 e. The summed E-state index contributed by atoms with van der Waals surface area (Å²) in [7, 11) is 0. The minimum absolute atomic E-state index is 0.0500. The topological polar surface area (TPSA) is 95.3 Å². The van der Waals surface area contributed by atoms with Crippen molar-refractivity contribution in [2.45, 2.75) is 11.8 Å². The van der Waals surface area contributed by atoms with E-state index in [1.54, 1.807) is 0 Å². The first-order chi connectivity index (χ1) is 13.1. The average molecular weight is 361 g/mol. The standard InChI is InChI=1S/C20H19N5O2/c21-16(26)11-25-15-4-2-1-3-14(15)20(19(25)27)8-10-24(12-20)17-6-5-13-7-9-22-18(13)23-17/h1-7,9H,8,10-12H2,(H2,21,26)(H,22,23)/t20-/m1/s1. The van der Waals surface area contributed by atoms with Gasteiger partial charge in [-0.25, -0.2) is 4.98 Å². The van der Waals surface area contributed by atoms with Gasteiger partial charge in [-0.2, -0.15) is 0 Å². The van der Waals surface area contributed by atoms with Crippen LogP contribution in [0.2, 0.25) is 0 Å². The first kappa shape index (κ1) is 15.9. The summed E-state index contributed by atoms with van der Waals surface area (Å²) >= 11 is 0. The van der Waals surface area contributed by atoms with Crippen molar-refractivity contribution < 1.29 is 9.59 Å². The van der Waals surface area contributed by atoms with E-state index < -0.39 is 11.3 Å². The zero-order valence-electron chi connectivity index (χ0n) is 14.7. The molecule has 2 amide bonds. The number of primary amides is 1. The summed E-state index contributed by atoms with van der Waals surface area (Å²) < 4.78 is 0. The quantitative estimate of drug-likeness (QED) is 0.740. The summed E-state index contributed by atoms with van der Waals surface area (Å²) in [6, 6.07) is 13.7. The van der Waals surface area contributed by atoms with E-state index in [2.05, 4.69) is 9.88 Å². The van der Waals surface area contributed by atoms with Crippen LogP contribution in [0.4, 0.5) is 11.5 Å². The van der Waals surface area contributed by atoms with Crippen LogP contribution in [-0.4, -0.2) is 41.4 Å². The molecule has 0 bridgehead atoms. The number of anilines is 2. The third-order valence-electron chi connectivity index (χ3n) is 5.67. The maximum atomic E-state index is 13.3. The molecule has 2 aliphatic heterocycles. The number of benzene rings is 1. The second-order valence-corrected chi connectivity index (χ2v) is 7.21. The number of pyridine rings is 1. The van der Waals surface area contributed by atoms with E-state index in [9.17, 15) is 9.59 Å². The number of hydrogen-bond donors (Lipinski definition) is 2. The number of amides is 2. The zero-order valence-corrected chi connectivity index (χ0v) is 14.7. The summed E-state index contributed by atoms with van der Waals surface area (Å²) in [5.41, 5.74) is 7.32. The lowest BCUT2D eigenvalue weighted by Gasteiger charge is -2.24. The maximum Gasteiger partial charge on any atom is 0.240 e. The van der Waals surface area contributed by atoms with Crippen LogP contribution in [0.25, 0.3) is 11.0 Å². The van der Waals surface area contributed by atoms with Gasteiger partial charge in [0.2, 0.25) is 11.8 Å². The van der Waals surface area contributed by atoms with E-state index in [1.165, 1.54) is 4.90 Å². The van der Waals surface area contributed by atoms with Gasteiger partial charge in [0.25, 0.3) is 0 Å². The maximum absolute atomic E-state index is 13.3. The van der Waals surface area contributed by atoms with E-state index in [0.717, 1.165) is 34.6 Å². The van der Waals surface area contributed by atoms with Gasteiger partial charge < -0.3 is 20.5 Å². The van der Waals surface area contributed by atoms with Crippen molar-refractivity contribution in [1.29, 1.82) is 0 Å². The van der Waals surface area contributed by atoms with Gasteiger partial charge in [0, 0.05) is 30.4 Å². The van der Waals surface area contributed by atoms with Gasteiger partial charge in [0.05, 0.1) is 5.41 Å². The smallest absolute Gasteiger partial charge is 0.240 e. The molecule has 0 aliphatic carbocycles. The Kier molecular flexibility index (Phi) is 3.28. The van der Waals surface area contributed by atoms with Crippen LogP contribution < -0.4 is 15.5 Å². The van der Waals surface area contributed by atoms with Gasteiger partial charge in [-0.05, 0) is 36.2 Å². The first-order valence-electron chi connectivity index (χ1n) is 8.97. The Hall–Kier alpha value is -3.35. The number of nitrogens with zero attached hydrogens (tertiary/aromatic N) is 3. The Morgan fingerprint density at radius 2 is 2.07 bits per heavy atom. The molecule has 1 spiro atoms. The molecule has 136 valence electrons. The zero-order chi connectivity index (χ0) is 18.6. The van der Waals surface area contributed by atoms with Gasteiger partial charge >= 0.3 is 0 Å². The number of para-hydroxylation sites is 1. The van der Waals surface area contributed by atoms with Crippen molar-refractivity contribution in [2.75, 3.05) is 29.4 Å². The number of nitrogens with one attached hydrogen (secondary N) is 1. The lowest BCUT2D eigenvalue weighted by Crippen LogP contribution is -2.45. The van der Waals surface area contributed by atoms with E-state index in [-0.39, 0.29) is 12.5 Å². The third kappa shape index (κ3) is 2.24. The molecule has 7 heteroatoms. The van der Waals surface area contributed by atoms with Crippen LogP contribution >= 0.6 is 0 Å². The fourth-order valence-electron chi connectivity index (χ4n) is 4.41. The molecule has 5 rings (SSSR count). The molecule has 2 aliphatic rings. The lowest BCUT2D eigenvalue weighted by atomic mass is 9.81. The predicted octanol–water partition coefficient (Wildman–Crippen LogP) is 1.54. The summed E-state index contributed by atoms with van der Waals surface area (Å²) in [6.07, 6.45) is 2.55. The molecule has 1 atom stereocenters. The summed E-state index contributed by atoms with van der Waals surface area (Å²) in [6.45, 7) is 1.17. The van der Waals surface area contributed by atoms with Crippen molar-refractivity contribution in [2.24, 2.45) is 5.73 Å². The lowest BCUT2D eigenvalue weighted by molar-refractivity contribution is -0.124. The van der Waals surface area contributed by atoms with Gasteiger partial charge in [-0.1, -0.05) is 18.2 Å². The Balaban J connectivity index is 1.53. The van der Waals surface area contributed by atoms with Crippen LogP contribution in [0, 0.1) is 0 Å². The number of nitrogens with two attached hydrogens (primary N) is 1. The van der Waals surface area contributed by atoms with Crippen LogP contribution in [0.5, 0.6) is 0 Å². The number of rotatable bonds is 3. The van der Waals surface area contributed by atoms with Crippen LogP contribution in [0.1, 0.15) is 12.0 Å². The average Bonchev–Trinajstić information content (AvgIpc) is 3.36. The molecule has 4 heterocycles. The van der Waals surface area contributed by atoms with E-state index in [4.69, 9.17) is 10.7 Å². The van der Waals surface area contributed by atoms with Gasteiger partial charge in [0.1, 0.15) is 18.0 Å². The number of carbonyl (C=O) groups is 2. The number of fused-ring (bicyclic) bond motifs is 3. The molecule has 3 N–H and O–H groups in total.